The molecule has 1 aliphatic rings. The number of nitrogens with one attached hydrogen (secondary N) is 1. The molecular weight excluding hydrogens is 319 g/mol. The summed E-state index contributed by atoms with van der Waals surface area (Å²) in [6, 6.07) is 15.6. The summed E-state index contributed by atoms with van der Waals surface area (Å²) >= 11 is 0. The number of carbonyl (C=O) groups is 2. The van der Waals surface area contributed by atoms with Crippen LogP contribution in [-0.2, 0) is 16.1 Å². The molecule has 2 atom stereocenters. The summed E-state index contributed by atoms with van der Waals surface area (Å²) in [5, 5.41) is 2.69. The van der Waals surface area contributed by atoms with Gasteiger partial charge in [-0.05, 0) is 37.1 Å². The molecular formula is C20H21FN2O2. The van der Waals surface area contributed by atoms with Crippen LogP contribution in [0.25, 0.3) is 0 Å². The monoisotopic (exact) mass is 340 g/mol. The van der Waals surface area contributed by atoms with Crippen LogP contribution in [-0.4, -0.2) is 23.3 Å². The largest absolute Gasteiger partial charge is 0.338 e. The Morgan fingerprint density at radius 2 is 1.88 bits per heavy atom. The maximum atomic E-state index is 13.2. The second-order valence-electron chi connectivity index (χ2n) is 6.29. The third-order valence-corrected chi connectivity index (χ3v) is 4.45. The van der Waals surface area contributed by atoms with Crippen molar-refractivity contribution >= 4 is 17.5 Å². The van der Waals surface area contributed by atoms with Gasteiger partial charge in [0, 0.05) is 18.8 Å². The molecule has 0 aliphatic heterocycles. The number of hydrogen-bond acceptors (Lipinski definition) is 2. The van der Waals surface area contributed by atoms with Gasteiger partial charge in [0.2, 0.25) is 11.8 Å². The molecule has 2 aromatic carbocycles. The van der Waals surface area contributed by atoms with Crippen molar-refractivity contribution in [3.8, 4) is 0 Å². The van der Waals surface area contributed by atoms with Gasteiger partial charge in [0.15, 0.2) is 0 Å². The molecule has 0 bridgehead atoms. The zero-order valence-electron chi connectivity index (χ0n) is 14.1. The predicted molar refractivity (Wildman–Crippen MR) is 94.2 cm³/mol. The quantitative estimate of drug-likeness (QED) is 0.876. The van der Waals surface area contributed by atoms with Crippen LogP contribution in [0.1, 0.15) is 18.9 Å². The summed E-state index contributed by atoms with van der Waals surface area (Å²) < 4.78 is 13.2. The maximum Gasteiger partial charge on any atom is 0.228 e. The van der Waals surface area contributed by atoms with Crippen LogP contribution in [0.2, 0.25) is 0 Å². The lowest BCUT2D eigenvalue weighted by Gasteiger charge is -2.21. The molecule has 0 spiro atoms. The van der Waals surface area contributed by atoms with Crippen LogP contribution in [0.4, 0.5) is 10.1 Å². The van der Waals surface area contributed by atoms with Crippen molar-refractivity contribution in [3.63, 3.8) is 0 Å². The van der Waals surface area contributed by atoms with Crippen molar-refractivity contribution in [1.29, 1.82) is 0 Å². The summed E-state index contributed by atoms with van der Waals surface area (Å²) in [4.78, 5) is 26.7. The molecule has 25 heavy (non-hydrogen) atoms. The van der Waals surface area contributed by atoms with Gasteiger partial charge in [0.05, 0.1) is 11.8 Å². The number of nitrogens with zero attached hydrogens (tertiary/aromatic N) is 1. The molecule has 0 aromatic heterocycles. The van der Waals surface area contributed by atoms with Gasteiger partial charge in [-0.3, -0.25) is 9.59 Å². The number of rotatable bonds is 6. The number of hydrogen-bond donors (Lipinski definition) is 1. The zero-order chi connectivity index (χ0) is 17.8. The Hall–Kier alpha value is -2.69. The molecule has 2 amide bonds. The standard InChI is InChI=1S/C20H21FN2O2/c1-2-23(13-14-7-4-3-5-8-14)20(25)18-12-17(18)19(24)22-16-10-6-9-15(21)11-16/h3-11,17-18H,2,12-13H2,1H3,(H,22,24). The lowest BCUT2D eigenvalue weighted by molar-refractivity contribution is -0.134. The highest BCUT2D eigenvalue weighted by Crippen LogP contribution is 2.41. The molecule has 0 heterocycles. The molecule has 1 aliphatic carbocycles. The topological polar surface area (TPSA) is 49.4 Å². The van der Waals surface area contributed by atoms with E-state index >= 15 is 0 Å². The Balaban J connectivity index is 1.57. The summed E-state index contributed by atoms with van der Waals surface area (Å²) in [5.74, 6) is -1.23. The van der Waals surface area contributed by atoms with Gasteiger partial charge in [-0.25, -0.2) is 4.39 Å². The van der Waals surface area contributed by atoms with Gasteiger partial charge in [-0.2, -0.15) is 0 Å². The minimum Gasteiger partial charge on any atom is -0.338 e. The van der Waals surface area contributed by atoms with Gasteiger partial charge in [0.1, 0.15) is 5.82 Å². The van der Waals surface area contributed by atoms with E-state index in [9.17, 15) is 14.0 Å². The highest BCUT2D eigenvalue weighted by Gasteiger charge is 2.49. The molecule has 3 rings (SSSR count). The first kappa shape index (κ1) is 17.1. The second-order valence-corrected chi connectivity index (χ2v) is 6.29. The van der Waals surface area contributed by atoms with Gasteiger partial charge < -0.3 is 10.2 Å². The SMILES string of the molecule is CCN(Cc1ccccc1)C(=O)C1CC1C(=O)Nc1cccc(F)c1. The Morgan fingerprint density at radius 1 is 1.12 bits per heavy atom. The third kappa shape index (κ3) is 4.24. The number of amides is 2. The minimum atomic E-state index is -0.402. The van der Waals surface area contributed by atoms with Crippen molar-refractivity contribution in [1.82, 2.24) is 4.90 Å². The number of carbonyl (C=O) groups excluding carboxylic acids is 2. The van der Waals surface area contributed by atoms with E-state index in [1.807, 2.05) is 37.3 Å². The van der Waals surface area contributed by atoms with Crippen LogP contribution >= 0.6 is 0 Å². The molecule has 2 aromatic rings. The van der Waals surface area contributed by atoms with E-state index in [1.54, 1.807) is 17.0 Å². The molecule has 0 radical (unpaired) electrons. The molecule has 1 N–H and O–H groups in total. The van der Waals surface area contributed by atoms with E-state index in [2.05, 4.69) is 5.32 Å². The van der Waals surface area contributed by atoms with Crippen molar-refractivity contribution in [3.05, 3.63) is 66.0 Å². The van der Waals surface area contributed by atoms with Gasteiger partial charge in [-0.1, -0.05) is 36.4 Å². The predicted octanol–water partition coefficient (Wildman–Crippen LogP) is 3.45. The molecule has 1 fully saturated rings. The van der Waals surface area contributed by atoms with Crippen molar-refractivity contribution < 1.29 is 14.0 Å². The fourth-order valence-electron chi connectivity index (χ4n) is 2.94. The minimum absolute atomic E-state index is 0.00532. The first-order valence-corrected chi connectivity index (χ1v) is 8.47. The number of anilines is 1. The normalized spacial score (nSPS) is 18.5. The molecule has 130 valence electrons. The smallest absolute Gasteiger partial charge is 0.228 e. The average molecular weight is 340 g/mol. The van der Waals surface area contributed by atoms with Crippen molar-refractivity contribution in [2.24, 2.45) is 11.8 Å². The fraction of sp³-hybridized carbons (Fsp3) is 0.300. The van der Waals surface area contributed by atoms with E-state index in [1.165, 1.54) is 12.1 Å². The summed E-state index contributed by atoms with van der Waals surface area (Å²) in [6.45, 7) is 3.08. The molecule has 5 heteroatoms. The highest BCUT2D eigenvalue weighted by atomic mass is 19.1. The fourth-order valence-corrected chi connectivity index (χ4v) is 2.94. The Morgan fingerprint density at radius 3 is 2.56 bits per heavy atom. The van der Waals surface area contributed by atoms with E-state index in [4.69, 9.17) is 0 Å². The number of benzene rings is 2. The molecule has 0 saturated heterocycles. The zero-order valence-corrected chi connectivity index (χ0v) is 14.1. The van der Waals surface area contributed by atoms with Crippen molar-refractivity contribution in [2.75, 3.05) is 11.9 Å². The van der Waals surface area contributed by atoms with Gasteiger partial charge in [0.25, 0.3) is 0 Å². The van der Waals surface area contributed by atoms with Gasteiger partial charge in [-0.15, -0.1) is 0 Å². The van der Waals surface area contributed by atoms with Crippen LogP contribution in [0, 0.1) is 17.7 Å². The van der Waals surface area contributed by atoms with Crippen molar-refractivity contribution in [2.45, 2.75) is 19.9 Å². The van der Waals surface area contributed by atoms with E-state index in [0.717, 1.165) is 5.56 Å². The summed E-state index contributed by atoms with van der Waals surface area (Å²) in [5.41, 5.74) is 1.49. The van der Waals surface area contributed by atoms with Crippen LogP contribution in [0.5, 0.6) is 0 Å². The first-order valence-electron chi connectivity index (χ1n) is 8.47. The lowest BCUT2D eigenvalue weighted by Crippen LogP contribution is -2.33. The number of halogens is 1. The molecule has 1 saturated carbocycles. The highest BCUT2D eigenvalue weighted by molar-refractivity contribution is 5.99. The lowest BCUT2D eigenvalue weighted by atomic mass is 10.2. The molecule has 2 unspecified atom stereocenters. The summed E-state index contributed by atoms with van der Waals surface area (Å²) in [6.07, 6.45) is 0.547. The van der Waals surface area contributed by atoms with Crippen LogP contribution < -0.4 is 5.32 Å². The Bertz CT molecular complexity index is 763. The Labute approximate surface area is 146 Å². The van der Waals surface area contributed by atoms with E-state index < -0.39 is 5.82 Å². The Kier molecular flexibility index (Phi) is 5.12. The third-order valence-electron chi connectivity index (χ3n) is 4.45. The van der Waals surface area contributed by atoms with E-state index in [-0.39, 0.29) is 23.7 Å². The second kappa shape index (κ2) is 7.47. The van der Waals surface area contributed by atoms with Crippen LogP contribution in [0.3, 0.4) is 0 Å². The van der Waals surface area contributed by atoms with Gasteiger partial charge >= 0.3 is 0 Å². The molecule has 4 nitrogen and oxygen atoms in total. The van der Waals surface area contributed by atoms with Crippen LogP contribution in [0.15, 0.2) is 54.6 Å². The van der Waals surface area contributed by atoms with E-state index in [0.29, 0.717) is 25.2 Å². The maximum absolute atomic E-state index is 13.2. The first-order chi connectivity index (χ1) is 12.1. The summed E-state index contributed by atoms with van der Waals surface area (Å²) in [7, 11) is 0. The average Bonchev–Trinajstić information content (AvgIpc) is 3.41.